The SMILES string of the molecule is C#CCN(C)Cc1ccc(OCCC2CC=CCCCC2)cc1. The first-order valence-electron chi connectivity index (χ1n) is 8.76. The Kier molecular flexibility index (Phi) is 7.77. The van der Waals surface area contributed by atoms with Crippen LogP contribution in [0.5, 0.6) is 5.75 Å². The standard InChI is InChI=1S/C21H29NO/c1-3-16-22(2)18-20-11-13-21(14-12-20)23-17-15-19-9-7-5-4-6-8-10-19/h1,5,7,11-14,19H,4,6,8-10,15-18H2,2H3. The molecular formula is C21H29NO. The zero-order valence-corrected chi connectivity index (χ0v) is 14.3. The molecule has 0 bridgehead atoms. The van der Waals surface area contributed by atoms with E-state index in [1.807, 2.05) is 7.05 Å². The van der Waals surface area contributed by atoms with E-state index in [4.69, 9.17) is 11.2 Å². The molecule has 0 fully saturated rings. The van der Waals surface area contributed by atoms with Crippen molar-refractivity contribution in [3.8, 4) is 18.1 Å². The summed E-state index contributed by atoms with van der Waals surface area (Å²) >= 11 is 0. The molecule has 0 radical (unpaired) electrons. The number of hydrogen-bond acceptors (Lipinski definition) is 2. The largest absolute Gasteiger partial charge is 0.494 e. The third kappa shape index (κ3) is 6.93. The first-order chi connectivity index (χ1) is 11.3. The van der Waals surface area contributed by atoms with Gasteiger partial charge < -0.3 is 4.74 Å². The summed E-state index contributed by atoms with van der Waals surface area (Å²) in [6.07, 6.45) is 17.7. The van der Waals surface area contributed by atoms with Crippen molar-refractivity contribution in [2.45, 2.75) is 45.1 Å². The molecule has 2 heteroatoms. The lowest BCUT2D eigenvalue weighted by Gasteiger charge is -2.17. The fraction of sp³-hybridized carbons (Fsp3) is 0.524. The quantitative estimate of drug-likeness (QED) is 0.536. The van der Waals surface area contributed by atoms with E-state index in [0.29, 0.717) is 6.54 Å². The van der Waals surface area contributed by atoms with Crippen molar-refractivity contribution in [2.75, 3.05) is 20.2 Å². The van der Waals surface area contributed by atoms with Crippen LogP contribution in [-0.2, 0) is 6.54 Å². The molecule has 1 aliphatic carbocycles. The van der Waals surface area contributed by atoms with Crippen molar-refractivity contribution in [3.05, 3.63) is 42.0 Å². The van der Waals surface area contributed by atoms with Crippen molar-refractivity contribution < 1.29 is 4.74 Å². The average Bonchev–Trinajstić information content (AvgIpc) is 2.51. The van der Waals surface area contributed by atoms with Crippen molar-refractivity contribution in [1.29, 1.82) is 0 Å². The summed E-state index contributed by atoms with van der Waals surface area (Å²) in [4.78, 5) is 2.12. The van der Waals surface area contributed by atoms with Crippen LogP contribution in [0.3, 0.4) is 0 Å². The van der Waals surface area contributed by atoms with Crippen molar-refractivity contribution in [3.63, 3.8) is 0 Å². The first kappa shape index (κ1) is 17.6. The molecule has 0 saturated heterocycles. The Morgan fingerprint density at radius 1 is 1.22 bits per heavy atom. The van der Waals surface area contributed by atoms with Gasteiger partial charge in [-0.2, -0.15) is 0 Å². The maximum absolute atomic E-state index is 5.92. The minimum atomic E-state index is 0.675. The Labute approximate surface area is 141 Å². The number of ether oxygens (including phenoxy) is 1. The van der Waals surface area contributed by atoms with Crippen molar-refractivity contribution >= 4 is 0 Å². The topological polar surface area (TPSA) is 12.5 Å². The fourth-order valence-electron chi connectivity index (χ4n) is 3.04. The fourth-order valence-corrected chi connectivity index (χ4v) is 3.04. The Hall–Kier alpha value is -1.72. The highest BCUT2D eigenvalue weighted by Crippen LogP contribution is 2.22. The Bertz CT molecular complexity index is 512. The van der Waals surface area contributed by atoms with Gasteiger partial charge in [-0.3, -0.25) is 4.90 Å². The number of terminal acetylenes is 1. The van der Waals surface area contributed by atoms with Crippen LogP contribution in [0.15, 0.2) is 36.4 Å². The van der Waals surface area contributed by atoms with Gasteiger partial charge in [-0.25, -0.2) is 0 Å². The molecule has 0 aromatic heterocycles. The Morgan fingerprint density at radius 3 is 2.83 bits per heavy atom. The third-order valence-corrected chi connectivity index (χ3v) is 4.40. The molecule has 0 heterocycles. The molecule has 1 aromatic rings. The summed E-state index contributed by atoms with van der Waals surface area (Å²) in [7, 11) is 2.04. The molecule has 1 unspecified atom stereocenters. The zero-order valence-electron chi connectivity index (χ0n) is 14.3. The highest BCUT2D eigenvalue weighted by atomic mass is 16.5. The van der Waals surface area contributed by atoms with E-state index in [2.05, 4.69) is 47.2 Å². The lowest BCUT2D eigenvalue weighted by molar-refractivity contribution is 0.269. The lowest BCUT2D eigenvalue weighted by atomic mass is 9.92. The molecule has 0 spiro atoms. The van der Waals surface area contributed by atoms with Gasteiger partial charge in [-0.05, 0) is 56.3 Å². The van der Waals surface area contributed by atoms with Gasteiger partial charge in [0.1, 0.15) is 5.75 Å². The average molecular weight is 311 g/mol. The van der Waals surface area contributed by atoms with Gasteiger partial charge in [-0.15, -0.1) is 6.42 Å². The monoisotopic (exact) mass is 311 g/mol. The second-order valence-electron chi connectivity index (χ2n) is 6.52. The number of rotatable bonds is 7. The smallest absolute Gasteiger partial charge is 0.119 e. The van der Waals surface area contributed by atoms with Crippen molar-refractivity contribution in [2.24, 2.45) is 5.92 Å². The zero-order chi connectivity index (χ0) is 16.3. The van der Waals surface area contributed by atoms with Crippen LogP contribution in [0, 0.1) is 18.3 Å². The van der Waals surface area contributed by atoms with Gasteiger partial charge in [0, 0.05) is 6.54 Å². The van der Waals surface area contributed by atoms with Gasteiger partial charge in [0.2, 0.25) is 0 Å². The lowest BCUT2D eigenvalue weighted by Crippen LogP contribution is -2.17. The predicted octanol–water partition coefficient (Wildman–Crippen LogP) is 4.66. The second-order valence-corrected chi connectivity index (χ2v) is 6.52. The summed E-state index contributed by atoms with van der Waals surface area (Å²) in [5.41, 5.74) is 1.26. The van der Waals surface area contributed by atoms with Crippen LogP contribution in [0.4, 0.5) is 0 Å². The van der Waals surface area contributed by atoms with Crippen LogP contribution in [-0.4, -0.2) is 25.1 Å². The van der Waals surface area contributed by atoms with Crippen LogP contribution >= 0.6 is 0 Å². The number of nitrogens with zero attached hydrogens (tertiary/aromatic N) is 1. The molecule has 124 valence electrons. The molecule has 0 N–H and O–H groups in total. The van der Waals surface area contributed by atoms with Gasteiger partial charge in [0.25, 0.3) is 0 Å². The van der Waals surface area contributed by atoms with Gasteiger partial charge in [-0.1, -0.05) is 43.0 Å². The van der Waals surface area contributed by atoms with Crippen LogP contribution in [0.25, 0.3) is 0 Å². The molecule has 0 saturated carbocycles. The minimum Gasteiger partial charge on any atom is -0.494 e. The molecule has 0 amide bonds. The van der Waals surface area contributed by atoms with E-state index < -0.39 is 0 Å². The normalized spacial score (nSPS) is 18.2. The predicted molar refractivity (Wildman–Crippen MR) is 97.4 cm³/mol. The summed E-state index contributed by atoms with van der Waals surface area (Å²) in [5, 5.41) is 0. The van der Waals surface area contributed by atoms with E-state index in [-0.39, 0.29) is 0 Å². The summed E-state index contributed by atoms with van der Waals surface area (Å²) < 4.78 is 5.92. The van der Waals surface area contributed by atoms with E-state index in [9.17, 15) is 0 Å². The van der Waals surface area contributed by atoms with Gasteiger partial charge in [0.15, 0.2) is 0 Å². The highest BCUT2D eigenvalue weighted by molar-refractivity contribution is 5.27. The Balaban J connectivity index is 1.72. The van der Waals surface area contributed by atoms with E-state index in [0.717, 1.165) is 31.2 Å². The number of hydrogen-bond donors (Lipinski definition) is 0. The summed E-state index contributed by atoms with van der Waals surface area (Å²) in [5.74, 6) is 4.41. The molecule has 2 rings (SSSR count). The second kappa shape index (κ2) is 10.1. The van der Waals surface area contributed by atoms with Gasteiger partial charge in [0.05, 0.1) is 13.2 Å². The molecule has 2 nitrogen and oxygen atoms in total. The maximum Gasteiger partial charge on any atom is 0.119 e. The molecule has 1 aliphatic rings. The third-order valence-electron chi connectivity index (χ3n) is 4.40. The molecular weight excluding hydrogens is 282 g/mol. The van der Waals surface area contributed by atoms with Crippen LogP contribution < -0.4 is 4.74 Å². The minimum absolute atomic E-state index is 0.675. The summed E-state index contributed by atoms with van der Waals surface area (Å²) in [6.45, 7) is 2.36. The van der Waals surface area contributed by atoms with E-state index in [1.54, 1.807) is 0 Å². The molecule has 0 aliphatic heterocycles. The van der Waals surface area contributed by atoms with Crippen molar-refractivity contribution in [1.82, 2.24) is 4.90 Å². The van der Waals surface area contributed by atoms with Crippen LogP contribution in [0.1, 0.15) is 44.1 Å². The molecule has 23 heavy (non-hydrogen) atoms. The first-order valence-corrected chi connectivity index (χ1v) is 8.76. The van der Waals surface area contributed by atoms with E-state index in [1.165, 1.54) is 37.7 Å². The van der Waals surface area contributed by atoms with Crippen LogP contribution in [0.2, 0.25) is 0 Å². The highest BCUT2D eigenvalue weighted by Gasteiger charge is 2.09. The van der Waals surface area contributed by atoms with E-state index >= 15 is 0 Å². The number of benzene rings is 1. The summed E-state index contributed by atoms with van der Waals surface area (Å²) in [6, 6.07) is 8.38. The Morgan fingerprint density at radius 2 is 2.04 bits per heavy atom. The maximum atomic E-state index is 5.92. The van der Waals surface area contributed by atoms with Gasteiger partial charge >= 0.3 is 0 Å². The number of allylic oxidation sites excluding steroid dienone is 2. The molecule has 1 atom stereocenters. The molecule has 1 aromatic carbocycles.